The number of amides is 1. The molecule has 0 spiro atoms. The van der Waals surface area contributed by atoms with Gasteiger partial charge in [0.1, 0.15) is 11.1 Å². The third-order valence-corrected chi connectivity index (χ3v) is 6.12. The van der Waals surface area contributed by atoms with Crippen LogP contribution in [0.25, 0.3) is 4.96 Å². The van der Waals surface area contributed by atoms with E-state index < -0.39 is 23.0 Å². The number of carboxylic acids is 1. The Balaban J connectivity index is 1.90. The van der Waals surface area contributed by atoms with E-state index in [0.717, 1.165) is 19.3 Å². The number of hydrogen-bond donors (Lipinski definition) is 2. The number of nitrogens with zero attached hydrogens (tertiary/aromatic N) is 2. The average molecular weight is 363 g/mol. The molecule has 3 rings (SSSR count). The van der Waals surface area contributed by atoms with Gasteiger partial charge in [0, 0.05) is 17.3 Å². The predicted molar refractivity (Wildman–Crippen MR) is 94.2 cm³/mol. The summed E-state index contributed by atoms with van der Waals surface area (Å²) in [7, 11) is 0. The summed E-state index contributed by atoms with van der Waals surface area (Å²) in [6.45, 7) is 3.85. The third kappa shape index (κ3) is 3.06. The standard InChI is InChI=1S/C17H21N3O4S/c1-3-11-4-6-17(7-5-11,15(23)24)19-13(21)12-8-18-16-20(14(12)22)10(2)9-25-16/h8-9,11H,3-7H2,1-2H3,(H,19,21)(H,23,24). The van der Waals surface area contributed by atoms with Gasteiger partial charge in [-0.25, -0.2) is 9.78 Å². The van der Waals surface area contributed by atoms with Crippen LogP contribution in [-0.4, -0.2) is 31.9 Å². The Bertz CT molecular complexity index is 878. The van der Waals surface area contributed by atoms with Crippen LogP contribution in [0.3, 0.4) is 0 Å². The lowest BCUT2D eigenvalue weighted by molar-refractivity contribution is -0.146. The maximum atomic E-state index is 12.6. The van der Waals surface area contributed by atoms with Crippen LogP contribution in [0.1, 0.15) is 55.1 Å². The van der Waals surface area contributed by atoms with E-state index in [0.29, 0.717) is 29.4 Å². The molecule has 1 fully saturated rings. The number of aliphatic carboxylic acids is 1. The zero-order valence-corrected chi connectivity index (χ0v) is 15.1. The minimum Gasteiger partial charge on any atom is -0.480 e. The lowest BCUT2D eigenvalue weighted by Gasteiger charge is -2.37. The van der Waals surface area contributed by atoms with Gasteiger partial charge in [-0.1, -0.05) is 13.3 Å². The molecule has 134 valence electrons. The van der Waals surface area contributed by atoms with Crippen molar-refractivity contribution in [3.8, 4) is 0 Å². The number of aryl methyl sites for hydroxylation is 1. The monoisotopic (exact) mass is 363 g/mol. The molecule has 1 aliphatic rings. The Hall–Kier alpha value is -2.22. The number of hydrogen-bond acceptors (Lipinski definition) is 5. The molecular weight excluding hydrogens is 342 g/mol. The molecule has 0 saturated heterocycles. The molecule has 1 aliphatic carbocycles. The van der Waals surface area contributed by atoms with Crippen LogP contribution < -0.4 is 10.9 Å². The summed E-state index contributed by atoms with van der Waals surface area (Å²) in [5, 5.41) is 14.1. The highest BCUT2D eigenvalue weighted by Gasteiger charge is 2.43. The first-order chi connectivity index (χ1) is 11.9. The molecule has 0 aromatic carbocycles. The Kier molecular flexibility index (Phi) is 4.64. The zero-order valence-electron chi connectivity index (χ0n) is 14.2. The summed E-state index contributed by atoms with van der Waals surface area (Å²) in [5.41, 5.74) is -1.21. The van der Waals surface area contributed by atoms with E-state index in [1.165, 1.54) is 21.9 Å². The van der Waals surface area contributed by atoms with Crippen LogP contribution in [0.2, 0.25) is 0 Å². The van der Waals surface area contributed by atoms with E-state index in [2.05, 4.69) is 17.2 Å². The van der Waals surface area contributed by atoms with Crippen molar-refractivity contribution in [3.05, 3.63) is 33.2 Å². The van der Waals surface area contributed by atoms with Crippen LogP contribution >= 0.6 is 11.3 Å². The highest BCUT2D eigenvalue weighted by atomic mass is 32.1. The van der Waals surface area contributed by atoms with Crippen molar-refractivity contribution >= 4 is 28.2 Å². The van der Waals surface area contributed by atoms with E-state index in [1.807, 2.05) is 0 Å². The fraction of sp³-hybridized carbons (Fsp3) is 0.529. The summed E-state index contributed by atoms with van der Waals surface area (Å²) in [5.74, 6) is -1.23. The highest BCUT2D eigenvalue weighted by Crippen LogP contribution is 2.34. The van der Waals surface area contributed by atoms with Crippen LogP contribution in [0.4, 0.5) is 0 Å². The second-order valence-electron chi connectivity index (χ2n) is 6.67. The number of carbonyl (C=O) groups excluding carboxylic acids is 1. The lowest BCUT2D eigenvalue weighted by Crippen LogP contribution is -2.57. The van der Waals surface area contributed by atoms with Crippen LogP contribution in [0.5, 0.6) is 0 Å². The lowest BCUT2D eigenvalue weighted by atomic mass is 9.75. The summed E-state index contributed by atoms with van der Waals surface area (Å²) >= 11 is 1.32. The van der Waals surface area contributed by atoms with Gasteiger partial charge in [-0.3, -0.25) is 14.0 Å². The minimum atomic E-state index is -1.31. The van der Waals surface area contributed by atoms with Gasteiger partial charge < -0.3 is 10.4 Å². The third-order valence-electron chi connectivity index (χ3n) is 5.16. The number of carbonyl (C=O) groups is 2. The fourth-order valence-electron chi connectivity index (χ4n) is 3.44. The van der Waals surface area contributed by atoms with Gasteiger partial charge in [-0.2, -0.15) is 0 Å². The van der Waals surface area contributed by atoms with Gasteiger partial charge in [0.25, 0.3) is 11.5 Å². The molecule has 2 aromatic heterocycles. The van der Waals surface area contributed by atoms with Crippen LogP contribution in [0, 0.1) is 12.8 Å². The maximum absolute atomic E-state index is 12.6. The molecule has 8 heteroatoms. The first kappa shape index (κ1) is 17.6. The first-order valence-electron chi connectivity index (χ1n) is 8.39. The summed E-state index contributed by atoms with van der Waals surface area (Å²) in [6, 6.07) is 0. The van der Waals surface area contributed by atoms with Crippen LogP contribution in [-0.2, 0) is 4.79 Å². The minimum absolute atomic E-state index is 0.128. The van der Waals surface area contributed by atoms with Crippen molar-refractivity contribution in [2.45, 2.75) is 51.5 Å². The Morgan fingerprint density at radius 3 is 2.72 bits per heavy atom. The molecular formula is C17H21N3O4S. The highest BCUT2D eigenvalue weighted by molar-refractivity contribution is 7.15. The molecule has 2 N–H and O–H groups in total. The number of fused-ring (bicyclic) bond motifs is 1. The van der Waals surface area contributed by atoms with Gasteiger partial charge >= 0.3 is 5.97 Å². The smallest absolute Gasteiger partial charge is 0.329 e. The van der Waals surface area contributed by atoms with Crippen molar-refractivity contribution in [3.63, 3.8) is 0 Å². The molecule has 7 nitrogen and oxygen atoms in total. The van der Waals surface area contributed by atoms with Crippen molar-refractivity contribution in [2.75, 3.05) is 0 Å². The van der Waals surface area contributed by atoms with E-state index in [1.54, 1.807) is 12.3 Å². The molecule has 0 unspecified atom stereocenters. The number of thiazole rings is 1. The Labute approximate surface area is 148 Å². The summed E-state index contributed by atoms with van der Waals surface area (Å²) in [4.78, 5) is 41.7. The molecule has 0 bridgehead atoms. The molecule has 2 heterocycles. The van der Waals surface area contributed by atoms with Crippen molar-refractivity contribution in [2.24, 2.45) is 5.92 Å². The molecule has 0 atom stereocenters. The number of aromatic nitrogens is 2. The number of carboxylic acid groups (broad SMARTS) is 1. The van der Waals surface area contributed by atoms with Crippen molar-refractivity contribution < 1.29 is 14.7 Å². The predicted octanol–water partition coefficient (Wildman–Crippen LogP) is 2.22. The first-order valence-corrected chi connectivity index (χ1v) is 9.27. The largest absolute Gasteiger partial charge is 0.480 e. The molecule has 1 saturated carbocycles. The van der Waals surface area contributed by atoms with Crippen LogP contribution in [0.15, 0.2) is 16.4 Å². The van der Waals surface area contributed by atoms with Gasteiger partial charge in [-0.05, 0) is 38.5 Å². The topological polar surface area (TPSA) is 101 Å². The van der Waals surface area contributed by atoms with Crippen molar-refractivity contribution in [1.29, 1.82) is 0 Å². The van der Waals surface area contributed by atoms with Gasteiger partial charge in [0.15, 0.2) is 4.96 Å². The second kappa shape index (κ2) is 6.59. The van der Waals surface area contributed by atoms with Crippen molar-refractivity contribution in [1.82, 2.24) is 14.7 Å². The Morgan fingerprint density at radius 1 is 1.44 bits per heavy atom. The van der Waals surface area contributed by atoms with Gasteiger partial charge in [0.2, 0.25) is 0 Å². The quantitative estimate of drug-likeness (QED) is 0.867. The summed E-state index contributed by atoms with van der Waals surface area (Å²) in [6.07, 6.45) is 4.49. The SMILES string of the molecule is CCC1CCC(NC(=O)c2cnc3scc(C)n3c2=O)(C(=O)O)CC1. The molecule has 25 heavy (non-hydrogen) atoms. The van der Waals surface area contributed by atoms with Gasteiger partial charge in [-0.15, -0.1) is 11.3 Å². The number of nitrogens with one attached hydrogen (secondary N) is 1. The normalized spacial score (nSPS) is 23.5. The van der Waals surface area contributed by atoms with E-state index in [4.69, 9.17) is 0 Å². The van der Waals surface area contributed by atoms with E-state index >= 15 is 0 Å². The molecule has 2 aromatic rings. The molecule has 1 amide bonds. The fourth-order valence-corrected chi connectivity index (χ4v) is 4.26. The van der Waals surface area contributed by atoms with E-state index in [-0.39, 0.29) is 5.56 Å². The Morgan fingerprint density at radius 2 is 2.12 bits per heavy atom. The maximum Gasteiger partial charge on any atom is 0.329 e. The van der Waals surface area contributed by atoms with E-state index in [9.17, 15) is 19.5 Å². The zero-order chi connectivity index (χ0) is 18.2. The summed E-state index contributed by atoms with van der Waals surface area (Å²) < 4.78 is 1.38. The average Bonchev–Trinajstić information content (AvgIpc) is 2.97. The second-order valence-corrected chi connectivity index (χ2v) is 7.50. The molecule has 0 aliphatic heterocycles. The van der Waals surface area contributed by atoms with Gasteiger partial charge in [0.05, 0.1) is 0 Å². The number of rotatable bonds is 4. The molecule has 0 radical (unpaired) electrons.